The number of nitrogens with one attached hydrogen (secondary N) is 1. The number of ether oxygens (including phenoxy) is 1. The molecule has 1 fully saturated rings. The molecule has 1 unspecified atom stereocenters. The fourth-order valence-electron chi connectivity index (χ4n) is 4.71. The molecule has 1 atom stereocenters. The van der Waals surface area contributed by atoms with E-state index in [0.29, 0.717) is 45.2 Å². The SMILES string of the molecule is CCOCCCNC(=O)C1CCCN(c2nc3c(c(=O)n(C)c(=O)n3C)n2Cc2c(F)cccc2Cl)C1. The van der Waals surface area contributed by atoms with Gasteiger partial charge >= 0.3 is 5.69 Å². The Morgan fingerprint density at radius 2 is 2.05 bits per heavy atom. The van der Waals surface area contributed by atoms with Crippen molar-refractivity contribution in [2.45, 2.75) is 32.7 Å². The number of rotatable bonds is 9. The van der Waals surface area contributed by atoms with Crippen LogP contribution in [-0.4, -0.2) is 57.4 Å². The fraction of sp³-hybridized carbons (Fsp3) is 0.520. The average Bonchev–Trinajstić information content (AvgIpc) is 3.27. The van der Waals surface area contributed by atoms with E-state index in [1.165, 1.54) is 30.8 Å². The van der Waals surface area contributed by atoms with Gasteiger partial charge in [-0.2, -0.15) is 4.98 Å². The first-order chi connectivity index (χ1) is 17.7. The second-order valence-electron chi connectivity index (χ2n) is 9.20. The van der Waals surface area contributed by atoms with E-state index in [1.807, 2.05) is 11.8 Å². The lowest BCUT2D eigenvalue weighted by Gasteiger charge is -2.33. The maximum absolute atomic E-state index is 14.8. The Bertz CT molecular complexity index is 1390. The zero-order valence-corrected chi connectivity index (χ0v) is 22.1. The summed E-state index contributed by atoms with van der Waals surface area (Å²) in [6, 6.07) is 4.40. The predicted molar refractivity (Wildman–Crippen MR) is 140 cm³/mol. The largest absolute Gasteiger partial charge is 0.382 e. The molecule has 1 aliphatic heterocycles. The number of aromatic nitrogens is 4. The van der Waals surface area contributed by atoms with Crippen LogP contribution in [0.15, 0.2) is 27.8 Å². The molecule has 3 aromatic rings. The third-order valence-corrected chi connectivity index (χ3v) is 7.10. The Hall–Kier alpha value is -3.18. The number of aryl methyl sites for hydroxylation is 1. The standard InChI is InChI=1S/C25H32ClFN6O4/c1-4-37-13-7-11-28-22(34)16-8-6-12-32(14-16)24-29-21-20(23(35)31(3)25(36)30(21)2)33(24)15-17-18(26)9-5-10-19(17)27/h5,9-10,16H,4,6-8,11-15H2,1-3H3,(H,28,34). The molecule has 12 heteroatoms. The first-order valence-electron chi connectivity index (χ1n) is 12.4. The molecule has 1 amide bonds. The normalized spacial score (nSPS) is 15.9. The van der Waals surface area contributed by atoms with Crippen molar-refractivity contribution in [1.29, 1.82) is 0 Å². The van der Waals surface area contributed by atoms with Gasteiger partial charge in [0.2, 0.25) is 11.9 Å². The molecule has 0 radical (unpaired) electrons. The highest BCUT2D eigenvalue weighted by atomic mass is 35.5. The number of halogens is 2. The van der Waals surface area contributed by atoms with Crippen molar-refractivity contribution in [3.05, 3.63) is 55.4 Å². The minimum absolute atomic E-state index is 0.0516. The monoisotopic (exact) mass is 534 g/mol. The van der Waals surface area contributed by atoms with Gasteiger partial charge in [-0.05, 0) is 38.3 Å². The number of carbonyl (C=O) groups is 1. The van der Waals surface area contributed by atoms with Crippen molar-refractivity contribution in [3.8, 4) is 0 Å². The molecule has 3 heterocycles. The van der Waals surface area contributed by atoms with Crippen LogP contribution < -0.4 is 21.5 Å². The quantitative estimate of drug-likeness (QED) is 0.421. The van der Waals surface area contributed by atoms with Crippen LogP contribution in [0, 0.1) is 11.7 Å². The zero-order valence-electron chi connectivity index (χ0n) is 21.3. The van der Waals surface area contributed by atoms with Gasteiger partial charge in [0.1, 0.15) is 5.82 Å². The van der Waals surface area contributed by atoms with Gasteiger partial charge in [-0.3, -0.25) is 23.3 Å². The van der Waals surface area contributed by atoms with Crippen LogP contribution in [0.1, 0.15) is 31.7 Å². The highest BCUT2D eigenvalue weighted by Gasteiger charge is 2.30. The van der Waals surface area contributed by atoms with Crippen molar-refractivity contribution in [3.63, 3.8) is 0 Å². The molecule has 37 heavy (non-hydrogen) atoms. The maximum atomic E-state index is 14.8. The summed E-state index contributed by atoms with van der Waals surface area (Å²) >= 11 is 6.32. The number of nitrogens with zero attached hydrogens (tertiary/aromatic N) is 5. The minimum Gasteiger partial charge on any atom is -0.382 e. The van der Waals surface area contributed by atoms with E-state index >= 15 is 0 Å². The molecule has 1 aromatic carbocycles. The molecule has 0 bridgehead atoms. The molecule has 0 saturated carbocycles. The molecule has 4 rings (SSSR count). The van der Waals surface area contributed by atoms with E-state index in [0.717, 1.165) is 17.4 Å². The number of carbonyl (C=O) groups excluding carboxylic acids is 1. The zero-order chi connectivity index (χ0) is 26.7. The summed E-state index contributed by atoms with van der Waals surface area (Å²) in [6.45, 7) is 4.59. The van der Waals surface area contributed by atoms with Crippen molar-refractivity contribution in [2.24, 2.45) is 20.0 Å². The van der Waals surface area contributed by atoms with Crippen LogP contribution in [0.4, 0.5) is 10.3 Å². The first-order valence-corrected chi connectivity index (χ1v) is 12.8. The van der Waals surface area contributed by atoms with Crippen LogP contribution in [0.5, 0.6) is 0 Å². The Kier molecular flexibility index (Phi) is 8.33. The van der Waals surface area contributed by atoms with Gasteiger partial charge in [-0.1, -0.05) is 17.7 Å². The lowest BCUT2D eigenvalue weighted by atomic mass is 9.97. The number of imidazole rings is 1. The Labute approximate surface area is 218 Å². The van der Waals surface area contributed by atoms with E-state index in [4.69, 9.17) is 16.3 Å². The Morgan fingerprint density at radius 3 is 2.78 bits per heavy atom. The summed E-state index contributed by atoms with van der Waals surface area (Å²) in [6.07, 6.45) is 2.18. The number of anilines is 1. The molecule has 0 spiro atoms. The molecule has 200 valence electrons. The third kappa shape index (κ3) is 5.42. The van der Waals surface area contributed by atoms with Crippen molar-refractivity contribution >= 4 is 34.6 Å². The van der Waals surface area contributed by atoms with Crippen molar-refractivity contribution < 1.29 is 13.9 Å². The van der Waals surface area contributed by atoms with Crippen LogP contribution in [0.2, 0.25) is 5.02 Å². The van der Waals surface area contributed by atoms with Gasteiger partial charge in [0.15, 0.2) is 11.2 Å². The molecule has 0 aliphatic carbocycles. The predicted octanol–water partition coefficient (Wildman–Crippen LogP) is 2.03. The molecular formula is C25H32ClFN6O4. The van der Waals surface area contributed by atoms with Crippen molar-refractivity contribution in [1.82, 2.24) is 24.0 Å². The van der Waals surface area contributed by atoms with E-state index in [-0.39, 0.29) is 40.1 Å². The maximum Gasteiger partial charge on any atom is 0.332 e. The van der Waals surface area contributed by atoms with Crippen molar-refractivity contribution in [2.75, 3.05) is 37.7 Å². The van der Waals surface area contributed by atoms with Crippen LogP contribution in [-0.2, 0) is 30.2 Å². The van der Waals surface area contributed by atoms with Gasteiger partial charge in [-0.15, -0.1) is 0 Å². The van der Waals surface area contributed by atoms with Crippen LogP contribution in [0.25, 0.3) is 11.2 Å². The Morgan fingerprint density at radius 1 is 1.27 bits per heavy atom. The van der Waals surface area contributed by atoms with E-state index in [9.17, 15) is 18.8 Å². The summed E-state index contributed by atoms with van der Waals surface area (Å²) in [5, 5.41) is 3.19. The number of hydrogen-bond donors (Lipinski definition) is 1. The van der Waals surface area contributed by atoms with Gasteiger partial charge in [0.05, 0.1) is 12.5 Å². The number of benzene rings is 1. The molecule has 1 aliphatic rings. The lowest BCUT2D eigenvalue weighted by Crippen LogP contribution is -2.44. The average molecular weight is 535 g/mol. The second-order valence-corrected chi connectivity index (χ2v) is 9.61. The smallest absolute Gasteiger partial charge is 0.332 e. The number of amides is 1. The molecule has 10 nitrogen and oxygen atoms in total. The summed E-state index contributed by atoms with van der Waals surface area (Å²) in [5.74, 6) is -0.450. The summed E-state index contributed by atoms with van der Waals surface area (Å²) < 4.78 is 24.0. The number of fused-ring (bicyclic) bond motifs is 1. The molecule has 1 N–H and O–H groups in total. The summed E-state index contributed by atoms with van der Waals surface area (Å²) in [7, 11) is 2.93. The molecular weight excluding hydrogens is 503 g/mol. The van der Waals surface area contributed by atoms with E-state index < -0.39 is 17.1 Å². The Balaban J connectivity index is 1.71. The summed E-state index contributed by atoms with van der Waals surface area (Å²) in [5.41, 5.74) is -0.480. The summed E-state index contributed by atoms with van der Waals surface area (Å²) in [4.78, 5) is 45.3. The van der Waals surface area contributed by atoms with Crippen LogP contribution in [0.3, 0.4) is 0 Å². The molecule has 2 aromatic heterocycles. The van der Waals surface area contributed by atoms with Crippen LogP contribution >= 0.6 is 11.6 Å². The fourth-order valence-corrected chi connectivity index (χ4v) is 4.94. The van der Waals surface area contributed by atoms with E-state index in [2.05, 4.69) is 10.3 Å². The number of piperidine rings is 1. The first kappa shape index (κ1) is 26.9. The minimum atomic E-state index is -0.537. The second kappa shape index (κ2) is 11.5. The highest BCUT2D eigenvalue weighted by molar-refractivity contribution is 6.31. The topological polar surface area (TPSA) is 103 Å². The third-order valence-electron chi connectivity index (χ3n) is 6.75. The van der Waals surface area contributed by atoms with E-state index in [1.54, 1.807) is 10.6 Å². The highest BCUT2D eigenvalue weighted by Crippen LogP contribution is 2.28. The number of hydrogen-bond acceptors (Lipinski definition) is 6. The van der Waals surface area contributed by atoms with Gasteiger partial charge in [0, 0.05) is 57.5 Å². The van der Waals surface area contributed by atoms with Gasteiger partial charge < -0.3 is 15.0 Å². The lowest BCUT2D eigenvalue weighted by molar-refractivity contribution is -0.125. The van der Waals surface area contributed by atoms with Gasteiger partial charge in [0.25, 0.3) is 5.56 Å². The molecule has 1 saturated heterocycles. The van der Waals surface area contributed by atoms with Gasteiger partial charge in [-0.25, -0.2) is 9.18 Å².